The van der Waals surface area contributed by atoms with Crippen LogP contribution in [-0.2, 0) is 0 Å². The average Bonchev–Trinajstić information content (AvgIpc) is 3.04. The van der Waals surface area contributed by atoms with Gasteiger partial charge in [0.25, 0.3) is 0 Å². The molecule has 0 bridgehead atoms. The van der Waals surface area contributed by atoms with Crippen molar-refractivity contribution >= 4 is 11.4 Å². The van der Waals surface area contributed by atoms with Crippen LogP contribution in [0.3, 0.4) is 0 Å². The molecule has 0 radical (unpaired) electrons. The predicted molar refractivity (Wildman–Crippen MR) is 94.4 cm³/mol. The van der Waals surface area contributed by atoms with Crippen LogP contribution in [0.25, 0.3) is 11.4 Å². The molecule has 0 spiro atoms. The number of amidine groups is 1. The lowest BCUT2D eigenvalue weighted by Crippen LogP contribution is -2.13. The topological polar surface area (TPSA) is 122 Å². The Kier molecular flexibility index (Phi) is 4.60. The van der Waals surface area contributed by atoms with Crippen molar-refractivity contribution in [2.24, 2.45) is 17.4 Å². The monoisotopic (exact) mass is 323 g/mol. The number of allylic oxidation sites excluding steroid dienone is 3. The van der Waals surface area contributed by atoms with Crippen LogP contribution in [0, 0.1) is 11.3 Å². The highest BCUT2D eigenvalue weighted by Crippen LogP contribution is 2.33. The summed E-state index contributed by atoms with van der Waals surface area (Å²) < 4.78 is 1.68. The van der Waals surface area contributed by atoms with Crippen LogP contribution < -0.4 is 11.5 Å². The largest absolute Gasteiger partial charge is 0.405 e. The molecule has 0 atom stereocenters. The van der Waals surface area contributed by atoms with Crippen molar-refractivity contribution in [2.45, 2.75) is 19.3 Å². The highest BCUT2D eigenvalue weighted by atomic mass is 15.3. The number of hydrogen-bond donors (Lipinski definition) is 4. The van der Waals surface area contributed by atoms with Crippen LogP contribution in [0.5, 0.6) is 0 Å². The lowest BCUT2D eigenvalue weighted by atomic mass is 10.0. The zero-order valence-corrected chi connectivity index (χ0v) is 13.3. The van der Waals surface area contributed by atoms with E-state index in [0.717, 1.165) is 29.3 Å². The Morgan fingerprint density at radius 2 is 2.25 bits per heavy atom. The maximum atomic E-state index is 7.91. The highest BCUT2D eigenvalue weighted by molar-refractivity contribution is 6.06. The summed E-state index contributed by atoms with van der Waals surface area (Å²) in [6, 6.07) is 1.82. The van der Waals surface area contributed by atoms with Gasteiger partial charge in [-0.1, -0.05) is 12.2 Å². The van der Waals surface area contributed by atoms with Crippen molar-refractivity contribution in [3.8, 4) is 5.82 Å². The van der Waals surface area contributed by atoms with E-state index in [9.17, 15) is 0 Å². The second kappa shape index (κ2) is 6.99. The van der Waals surface area contributed by atoms with Crippen LogP contribution in [0.1, 0.15) is 24.8 Å². The first-order valence-corrected chi connectivity index (χ1v) is 7.87. The predicted octanol–water partition coefficient (Wildman–Crippen LogP) is 2.11. The van der Waals surface area contributed by atoms with Crippen molar-refractivity contribution in [3.63, 3.8) is 0 Å². The number of hydrogen-bond acceptors (Lipinski definition) is 4. The molecule has 2 aromatic rings. The van der Waals surface area contributed by atoms with E-state index < -0.39 is 0 Å². The summed E-state index contributed by atoms with van der Waals surface area (Å²) in [5.74, 6) is 1.54. The van der Waals surface area contributed by atoms with Gasteiger partial charge in [-0.3, -0.25) is 10.5 Å². The van der Waals surface area contributed by atoms with Gasteiger partial charge in [-0.2, -0.15) is 10.2 Å². The Morgan fingerprint density at radius 1 is 1.42 bits per heavy atom. The maximum absolute atomic E-state index is 7.91. The normalized spacial score (nSPS) is 16.0. The van der Waals surface area contributed by atoms with Gasteiger partial charge in [0, 0.05) is 23.4 Å². The Morgan fingerprint density at radius 3 is 2.88 bits per heavy atom. The second-order valence-electron chi connectivity index (χ2n) is 5.80. The van der Waals surface area contributed by atoms with Gasteiger partial charge in [-0.25, -0.2) is 4.68 Å². The molecular weight excluding hydrogens is 302 g/mol. The fraction of sp³-hybridized carbons (Fsp3) is 0.235. The molecule has 1 aliphatic rings. The Labute approximate surface area is 140 Å². The summed E-state index contributed by atoms with van der Waals surface area (Å²) in [5.41, 5.74) is 13.6. The van der Waals surface area contributed by atoms with E-state index in [1.165, 1.54) is 19.0 Å². The molecule has 0 aliphatic heterocycles. The molecule has 124 valence electrons. The molecule has 2 aromatic heterocycles. The van der Waals surface area contributed by atoms with Gasteiger partial charge < -0.3 is 11.5 Å². The third-order valence-electron chi connectivity index (χ3n) is 3.92. The van der Waals surface area contributed by atoms with Crippen LogP contribution >= 0.6 is 0 Å². The minimum absolute atomic E-state index is 0.00411. The van der Waals surface area contributed by atoms with Crippen molar-refractivity contribution in [3.05, 3.63) is 60.2 Å². The number of nitrogens with zero attached hydrogens (tertiary/aromatic N) is 3. The third kappa shape index (κ3) is 3.62. The summed E-state index contributed by atoms with van der Waals surface area (Å²) in [6.45, 7) is 0. The number of aromatic amines is 1. The molecule has 0 amide bonds. The molecule has 7 nitrogen and oxygen atoms in total. The zero-order chi connectivity index (χ0) is 16.9. The Balaban J connectivity index is 1.96. The lowest BCUT2D eigenvalue weighted by molar-refractivity contribution is 0.836. The van der Waals surface area contributed by atoms with Gasteiger partial charge in [-0.15, -0.1) is 0 Å². The number of nitrogens with one attached hydrogen (secondary N) is 2. The second-order valence-corrected chi connectivity index (χ2v) is 5.80. The van der Waals surface area contributed by atoms with E-state index in [0.29, 0.717) is 5.57 Å². The fourth-order valence-corrected chi connectivity index (χ4v) is 2.46. The van der Waals surface area contributed by atoms with Gasteiger partial charge >= 0.3 is 0 Å². The Bertz CT molecular complexity index is 789. The van der Waals surface area contributed by atoms with Crippen molar-refractivity contribution in [2.75, 3.05) is 0 Å². The first-order valence-electron chi connectivity index (χ1n) is 7.87. The molecule has 0 saturated heterocycles. The van der Waals surface area contributed by atoms with E-state index in [2.05, 4.69) is 21.4 Å². The van der Waals surface area contributed by atoms with Crippen LogP contribution in [0.15, 0.2) is 54.7 Å². The Hall–Kier alpha value is -3.09. The summed E-state index contributed by atoms with van der Waals surface area (Å²) in [4.78, 5) is 0. The molecule has 0 aromatic carbocycles. The lowest BCUT2D eigenvalue weighted by Gasteiger charge is -2.06. The molecule has 24 heavy (non-hydrogen) atoms. The van der Waals surface area contributed by atoms with E-state index in [1.54, 1.807) is 23.2 Å². The highest BCUT2D eigenvalue weighted by Gasteiger charge is 2.19. The summed E-state index contributed by atoms with van der Waals surface area (Å²) in [5, 5.41) is 19.0. The van der Waals surface area contributed by atoms with Gasteiger partial charge in [0.15, 0.2) is 0 Å². The van der Waals surface area contributed by atoms with E-state index >= 15 is 0 Å². The number of aromatic nitrogens is 4. The van der Waals surface area contributed by atoms with Crippen molar-refractivity contribution in [1.29, 1.82) is 5.41 Å². The summed E-state index contributed by atoms with van der Waals surface area (Å²) in [6.07, 6.45) is 16.0. The molecule has 1 saturated carbocycles. The molecule has 2 heterocycles. The van der Waals surface area contributed by atoms with Crippen molar-refractivity contribution < 1.29 is 0 Å². The van der Waals surface area contributed by atoms with Crippen LogP contribution in [0.2, 0.25) is 0 Å². The fourth-order valence-electron chi connectivity index (χ4n) is 2.46. The molecule has 1 fully saturated rings. The molecule has 6 N–H and O–H groups in total. The van der Waals surface area contributed by atoms with Gasteiger partial charge in [-0.05, 0) is 43.0 Å². The standard InChI is InChI=1S/C17H21N7/c18-8-6-14(15(17(19)20)3-1-2-12-4-5-12)13-10-22-24(11-13)16-7-9-21-23-16/h1,3,6-12H,2,4-5,18H2,(H3,19,20)(H,21,23)/b3-1-,8-6-,15-14+. The SMILES string of the molecule is N=C(N)C(/C=C\CC1CC1)=C(\C=C/N)c1cnn(-c2ccn[nH]2)c1. The van der Waals surface area contributed by atoms with E-state index in [1.807, 2.05) is 18.3 Å². The smallest absolute Gasteiger partial charge is 0.149 e. The summed E-state index contributed by atoms with van der Waals surface area (Å²) in [7, 11) is 0. The number of nitrogens with two attached hydrogens (primary N) is 2. The van der Waals surface area contributed by atoms with Crippen molar-refractivity contribution in [1.82, 2.24) is 20.0 Å². The number of H-pyrrole nitrogens is 1. The molecule has 1 aliphatic carbocycles. The van der Waals surface area contributed by atoms with Gasteiger partial charge in [0.05, 0.1) is 12.4 Å². The van der Waals surface area contributed by atoms with Gasteiger partial charge in [0.1, 0.15) is 11.7 Å². The summed E-state index contributed by atoms with van der Waals surface area (Å²) >= 11 is 0. The quantitative estimate of drug-likeness (QED) is 0.354. The molecule has 7 heteroatoms. The first kappa shape index (κ1) is 15.8. The molecular formula is C17H21N7. The van der Waals surface area contributed by atoms with E-state index in [-0.39, 0.29) is 5.84 Å². The van der Waals surface area contributed by atoms with E-state index in [4.69, 9.17) is 16.9 Å². The average molecular weight is 323 g/mol. The molecule has 0 unspecified atom stereocenters. The maximum Gasteiger partial charge on any atom is 0.149 e. The molecule has 3 rings (SSSR count). The van der Waals surface area contributed by atoms with Crippen LogP contribution in [0.4, 0.5) is 0 Å². The minimum atomic E-state index is 0.00411. The first-order chi connectivity index (χ1) is 11.7. The number of rotatable bonds is 7. The van der Waals surface area contributed by atoms with Crippen LogP contribution in [-0.4, -0.2) is 25.8 Å². The minimum Gasteiger partial charge on any atom is -0.405 e. The zero-order valence-electron chi connectivity index (χ0n) is 13.3. The third-order valence-corrected chi connectivity index (χ3v) is 3.92. The van der Waals surface area contributed by atoms with Gasteiger partial charge in [0.2, 0.25) is 0 Å².